The van der Waals surface area contributed by atoms with E-state index in [4.69, 9.17) is 4.74 Å². The van der Waals surface area contributed by atoms with Crippen molar-refractivity contribution in [1.29, 1.82) is 0 Å². The highest BCUT2D eigenvalue weighted by Crippen LogP contribution is 2.34. The average Bonchev–Trinajstić information content (AvgIpc) is 3.33. The summed E-state index contributed by atoms with van der Waals surface area (Å²) >= 11 is 1.03. The molecule has 6 nitrogen and oxygen atoms in total. The Hall–Kier alpha value is -3.29. The first-order valence-electron chi connectivity index (χ1n) is 12.4. The predicted octanol–water partition coefficient (Wildman–Crippen LogP) is 5.60. The number of hydrogen-bond acceptors (Lipinski definition) is 5. The van der Waals surface area contributed by atoms with Crippen LogP contribution in [-0.4, -0.2) is 53.5 Å². The van der Waals surface area contributed by atoms with E-state index < -0.39 is 0 Å². The van der Waals surface area contributed by atoms with Gasteiger partial charge in [0.1, 0.15) is 0 Å². The van der Waals surface area contributed by atoms with Crippen molar-refractivity contribution in [3.63, 3.8) is 0 Å². The maximum Gasteiger partial charge on any atom is 0.293 e. The topological polar surface area (TPSA) is 54.8 Å². The Labute approximate surface area is 216 Å². The molecule has 2 aliphatic rings. The summed E-state index contributed by atoms with van der Waals surface area (Å²) in [5.41, 5.74) is 6.58. The quantitative estimate of drug-likeness (QED) is 0.395. The fraction of sp³-hybridized carbons (Fsp3) is 0.310. The van der Waals surface area contributed by atoms with E-state index in [1.807, 2.05) is 24.3 Å². The number of thioether (sulfide) groups is 1. The molecule has 2 aromatic carbocycles. The number of morpholine rings is 1. The predicted molar refractivity (Wildman–Crippen MR) is 146 cm³/mol. The first kappa shape index (κ1) is 24.4. The third kappa shape index (κ3) is 5.13. The van der Waals surface area contributed by atoms with E-state index in [0.29, 0.717) is 11.4 Å². The Balaban J connectivity index is 1.29. The molecule has 2 saturated heterocycles. The van der Waals surface area contributed by atoms with Crippen LogP contribution in [0.25, 0.3) is 11.8 Å². The molecule has 186 valence electrons. The molecule has 3 heterocycles. The summed E-state index contributed by atoms with van der Waals surface area (Å²) in [5.74, 6) is -0.197. The number of carbonyl (C=O) groups is 2. The molecule has 0 spiro atoms. The number of amides is 2. The number of carbonyl (C=O) groups excluding carboxylic acids is 2. The summed E-state index contributed by atoms with van der Waals surface area (Å²) in [6.07, 6.45) is 3.46. The van der Waals surface area contributed by atoms with Gasteiger partial charge in [0.2, 0.25) is 0 Å². The highest BCUT2D eigenvalue weighted by atomic mass is 32.2. The Bertz CT molecular complexity index is 1280. The van der Waals surface area contributed by atoms with Gasteiger partial charge in [-0.1, -0.05) is 30.3 Å². The van der Waals surface area contributed by atoms with Crippen LogP contribution in [0.15, 0.2) is 65.6 Å². The Kier molecular flexibility index (Phi) is 7.30. The summed E-state index contributed by atoms with van der Waals surface area (Å²) < 4.78 is 7.65. The third-order valence-electron chi connectivity index (χ3n) is 6.80. The number of hydrogen-bond donors (Lipinski definition) is 0. The van der Waals surface area contributed by atoms with Gasteiger partial charge in [-0.15, -0.1) is 0 Å². The molecular weight excluding hydrogens is 470 g/mol. The number of nitrogens with zero attached hydrogens (tertiary/aromatic N) is 3. The van der Waals surface area contributed by atoms with Gasteiger partial charge in [-0.3, -0.25) is 14.5 Å². The van der Waals surface area contributed by atoms with Crippen LogP contribution in [0.1, 0.15) is 28.9 Å². The van der Waals surface area contributed by atoms with Crippen molar-refractivity contribution >= 4 is 34.7 Å². The second-order valence-electron chi connectivity index (χ2n) is 9.20. The molecular formula is C29H31N3O3S. The molecule has 5 rings (SSSR count). The van der Waals surface area contributed by atoms with E-state index in [1.54, 1.807) is 0 Å². The fourth-order valence-electron chi connectivity index (χ4n) is 4.89. The fourth-order valence-corrected chi connectivity index (χ4v) is 5.74. The molecule has 0 unspecified atom stereocenters. The van der Waals surface area contributed by atoms with Gasteiger partial charge in [-0.05, 0) is 86.0 Å². The summed E-state index contributed by atoms with van der Waals surface area (Å²) in [5, 5.41) is -0.188. The van der Waals surface area contributed by atoms with E-state index in [-0.39, 0.29) is 11.1 Å². The Morgan fingerprint density at radius 1 is 0.944 bits per heavy atom. The van der Waals surface area contributed by atoms with E-state index >= 15 is 0 Å². The highest BCUT2D eigenvalue weighted by Gasteiger charge is 2.34. The van der Waals surface area contributed by atoms with E-state index in [1.165, 1.54) is 16.2 Å². The van der Waals surface area contributed by atoms with Crippen LogP contribution in [0.3, 0.4) is 0 Å². The van der Waals surface area contributed by atoms with Crippen molar-refractivity contribution in [3.05, 3.63) is 88.1 Å². The Morgan fingerprint density at radius 2 is 1.64 bits per heavy atom. The van der Waals surface area contributed by atoms with E-state index in [0.717, 1.165) is 73.5 Å². The molecule has 2 aliphatic heterocycles. The van der Waals surface area contributed by atoms with Gasteiger partial charge in [-0.2, -0.15) is 0 Å². The number of imide groups is 1. The third-order valence-corrected chi connectivity index (χ3v) is 7.71. The van der Waals surface area contributed by atoms with Crippen molar-refractivity contribution in [3.8, 4) is 5.69 Å². The maximum absolute atomic E-state index is 13.0. The second kappa shape index (κ2) is 10.8. The molecule has 0 N–H and O–H groups in total. The standard InChI is InChI=1S/C29H31N3O3S/c1-21-19-24(22(2)32(21)26-12-10-25(11-13-26)30-15-17-35-18-16-30)20-27-28(33)31(29(34)36-27)14-6-9-23-7-4-3-5-8-23/h3-5,7-8,10-13,19-20H,6,9,14-18H2,1-2H3/b27-20-. The molecule has 36 heavy (non-hydrogen) atoms. The average molecular weight is 502 g/mol. The minimum atomic E-state index is -0.197. The van der Waals surface area contributed by atoms with Gasteiger partial charge >= 0.3 is 0 Å². The zero-order valence-corrected chi connectivity index (χ0v) is 21.6. The molecule has 0 aliphatic carbocycles. The van der Waals surface area contributed by atoms with Crippen molar-refractivity contribution in [2.45, 2.75) is 26.7 Å². The molecule has 7 heteroatoms. The largest absolute Gasteiger partial charge is 0.378 e. The molecule has 0 atom stereocenters. The van der Waals surface area contributed by atoms with E-state index in [9.17, 15) is 9.59 Å². The summed E-state index contributed by atoms with van der Waals surface area (Å²) in [4.78, 5) is 29.8. The SMILES string of the molecule is Cc1cc(/C=C2\SC(=O)N(CCCc3ccccc3)C2=O)c(C)n1-c1ccc(N2CCOCC2)cc1. The monoisotopic (exact) mass is 501 g/mol. The summed E-state index contributed by atoms with van der Waals surface area (Å²) in [6.45, 7) is 7.90. The van der Waals surface area contributed by atoms with Crippen LogP contribution in [0, 0.1) is 13.8 Å². The van der Waals surface area contributed by atoms with Crippen LogP contribution in [0.5, 0.6) is 0 Å². The van der Waals surface area contributed by atoms with Crippen molar-refractivity contribution < 1.29 is 14.3 Å². The number of aromatic nitrogens is 1. The Morgan fingerprint density at radius 3 is 2.36 bits per heavy atom. The molecule has 0 saturated carbocycles. The maximum atomic E-state index is 13.0. The minimum Gasteiger partial charge on any atom is -0.378 e. The minimum absolute atomic E-state index is 0.188. The molecule has 3 aromatic rings. The number of anilines is 1. The van der Waals surface area contributed by atoms with Crippen LogP contribution < -0.4 is 4.90 Å². The molecule has 2 amide bonds. The first-order valence-corrected chi connectivity index (χ1v) is 13.2. The van der Waals surface area contributed by atoms with Crippen LogP contribution in [0.4, 0.5) is 10.5 Å². The number of benzene rings is 2. The van der Waals surface area contributed by atoms with Crippen LogP contribution in [-0.2, 0) is 16.0 Å². The number of rotatable bonds is 7. The van der Waals surface area contributed by atoms with Gasteiger partial charge in [0.05, 0.1) is 18.1 Å². The first-order chi connectivity index (χ1) is 17.5. The van der Waals surface area contributed by atoms with Gasteiger partial charge in [-0.25, -0.2) is 0 Å². The summed E-state index contributed by atoms with van der Waals surface area (Å²) in [7, 11) is 0. The zero-order valence-electron chi connectivity index (χ0n) is 20.8. The molecule has 0 radical (unpaired) electrons. The lowest BCUT2D eigenvalue weighted by atomic mass is 10.1. The normalized spacial score (nSPS) is 17.4. The van der Waals surface area contributed by atoms with Crippen LogP contribution in [0.2, 0.25) is 0 Å². The lowest BCUT2D eigenvalue weighted by Crippen LogP contribution is -2.36. The number of aryl methyl sites for hydroxylation is 2. The lowest BCUT2D eigenvalue weighted by Gasteiger charge is -2.29. The zero-order chi connectivity index (χ0) is 25.1. The lowest BCUT2D eigenvalue weighted by molar-refractivity contribution is -0.122. The van der Waals surface area contributed by atoms with Gasteiger partial charge in [0.15, 0.2) is 0 Å². The van der Waals surface area contributed by atoms with E-state index in [2.05, 4.69) is 65.8 Å². The highest BCUT2D eigenvalue weighted by molar-refractivity contribution is 8.18. The second-order valence-corrected chi connectivity index (χ2v) is 10.2. The van der Waals surface area contributed by atoms with Crippen molar-refractivity contribution in [1.82, 2.24) is 9.47 Å². The summed E-state index contributed by atoms with van der Waals surface area (Å²) in [6, 6.07) is 20.8. The number of ether oxygens (including phenoxy) is 1. The molecule has 2 fully saturated rings. The molecule has 0 bridgehead atoms. The van der Waals surface area contributed by atoms with Crippen molar-refractivity contribution in [2.24, 2.45) is 0 Å². The van der Waals surface area contributed by atoms with Crippen LogP contribution >= 0.6 is 11.8 Å². The smallest absolute Gasteiger partial charge is 0.293 e. The van der Waals surface area contributed by atoms with Gasteiger partial charge in [0, 0.05) is 42.4 Å². The van der Waals surface area contributed by atoms with Gasteiger partial charge in [0.25, 0.3) is 11.1 Å². The van der Waals surface area contributed by atoms with Crippen molar-refractivity contribution in [2.75, 3.05) is 37.7 Å². The molecule has 1 aromatic heterocycles. The van der Waals surface area contributed by atoms with Gasteiger partial charge < -0.3 is 14.2 Å².